The first-order valence-electron chi connectivity index (χ1n) is 5.64. The van der Waals surface area contributed by atoms with Crippen LogP contribution in [0, 0.1) is 0 Å². The van der Waals surface area contributed by atoms with E-state index in [1.807, 2.05) is 37.4 Å². The van der Waals surface area contributed by atoms with Crippen LogP contribution in [-0.2, 0) is 15.0 Å². The lowest BCUT2D eigenvalue weighted by molar-refractivity contribution is -0.141. The maximum Gasteiger partial charge on any atom is 0.327 e. The standard InChI is InChI=1S/C13H15NO3S/c1-13(7-10(15)14-11(13)12(16)17)8-3-5-9(18-2)6-4-8/h3-6,11H,7H2,1-2H3,(H,14,15)(H,16,17). The van der Waals surface area contributed by atoms with Gasteiger partial charge in [-0.3, -0.25) is 4.79 Å². The molecule has 2 rings (SSSR count). The monoisotopic (exact) mass is 265 g/mol. The molecule has 1 saturated heterocycles. The summed E-state index contributed by atoms with van der Waals surface area (Å²) in [5, 5.41) is 11.7. The fourth-order valence-electron chi connectivity index (χ4n) is 2.38. The third-order valence-electron chi connectivity index (χ3n) is 3.47. The molecule has 0 bridgehead atoms. The molecule has 5 heteroatoms. The summed E-state index contributed by atoms with van der Waals surface area (Å²) in [7, 11) is 0. The highest BCUT2D eigenvalue weighted by molar-refractivity contribution is 7.98. The van der Waals surface area contributed by atoms with E-state index in [2.05, 4.69) is 5.32 Å². The number of rotatable bonds is 3. The molecule has 0 radical (unpaired) electrons. The maximum atomic E-state index is 11.5. The van der Waals surface area contributed by atoms with Crippen molar-refractivity contribution in [2.75, 3.05) is 6.26 Å². The summed E-state index contributed by atoms with van der Waals surface area (Å²) in [5.74, 6) is -1.20. The van der Waals surface area contributed by atoms with E-state index in [1.165, 1.54) is 0 Å². The van der Waals surface area contributed by atoms with Gasteiger partial charge in [0.15, 0.2) is 0 Å². The van der Waals surface area contributed by atoms with Crippen molar-refractivity contribution in [3.8, 4) is 0 Å². The van der Waals surface area contributed by atoms with E-state index < -0.39 is 17.4 Å². The molecule has 1 heterocycles. The van der Waals surface area contributed by atoms with Crippen LogP contribution in [0.4, 0.5) is 0 Å². The second-order valence-corrected chi connectivity index (χ2v) is 5.54. The van der Waals surface area contributed by atoms with Crippen LogP contribution < -0.4 is 5.32 Å². The van der Waals surface area contributed by atoms with Crippen LogP contribution in [0.3, 0.4) is 0 Å². The highest BCUT2D eigenvalue weighted by Gasteiger charge is 2.48. The van der Waals surface area contributed by atoms with Crippen LogP contribution in [0.15, 0.2) is 29.2 Å². The first-order chi connectivity index (χ1) is 8.47. The van der Waals surface area contributed by atoms with Crippen LogP contribution >= 0.6 is 11.8 Å². The maximum absolute atomic E-state index is 11.5. The number of nitrogens with one attached hydrogen (secondary N) is 1. The molecule has 0 saturated carbocycles. The minimum atomic E-state index is -0.989. The summed E-state index contributed by atoms with van der Waals surface area (Å²) >= 11 is 1.63. The van der Waals surface area contributed by atoms with Crippen molar-refractivity contribution in [3.05, 3.63) is 29.8 Å². The van der Waals surface area contributed by atoms with Crippen LogP contribution in [0.2, 0.25) is 0 Å². The zero-order chi connectivity index (χ0) is 13.3. The highest BCUT2D eigenvalue weighted by atomic mass is 32.2. The Hall–Kier alpha value is -1.49. The molecular formula is C13H15NO3S. The predicted molar refractivity (Wildman–Crippen MR) is 69.8 cm³/mol. The second kappa shape index (κ2) is 4.65. The Labute approximate surface area is 110 Å². The van der Waals surface area contributed by atoms with Crippen molar-refractivity contribution < 1.29 is 14.7 Å². The van der Waals surface area contributed by atoms with Crippen LogP contribution in [0.5, 0.6) is 0 Å². The average molecular weight is 265 g/mol. The van der Waals surface area contributed by atoms with E-state index in [1.54, 1.807) is 11.8 Å². The normalized spacial score (nSPS) is 27.0. The number of aliphatic carboxylic acids is 1. The Morgan fingerprint density at radius 1 is 1.44 bits per heavy atom. The number of carbonyl (C=O) groups excluding carboxylic acids is 1. The molecule has 0 aromatic heterocycles. The lowest BCUT2D eigenvalue weighted by Crippen LogP contribution is -2.44. The lowest BCUT2D eigenvalue weighted by Gasteiger charge is -2.27. The zero-order valence-electron chi connectivity index (χ0n) is 10.3. The molecule has 18 heavy (non-hydrogen) atoms. The second-order valence-electron chi connectivity index (χ2n) is 4.66. The first-order valence-corrected chi connectivity index (χ1v) is 6.86. The summed E-state index contributed by atoms with van der Waals surface area (Å²) in [6, 6.07) is 6.86. The van der Waals surface area contributed by atoms with Crippen molar-refractivity contribution in [3.63, 3.8) is 0 Å². The van der Waals surface area contributed by atoms with Gasteiger partial charge in [-0.15, -0.1) is 11.8 Å². The van der Waals surface area contributed by atoms with E-state index in [9.17, 15) is 14.7 Å². The lowest BCUT2D eigenvalue weighted by atomic mass is 9.76. The van der Waals surface area contributed by atoms with Crippen molar-refractivity contribution in [1.82, 2.24) is 5.32 Å². The molecule has 4 nitrogen and oxygen atoms in total. The fourth-order valence-corrected chi connectivity index (χ4v) is 2.79. The molecule has 2 N–H and O–H groups in total. The summed E-state index contributed by atoms with van der Waals surface area (Å²) in [6.45, 7) is 1.82. The van der Waals surface area contributed by atoms with Gasteiger partial charge in [0, 0.05) is 16.7 Å². The Bertz CT molecular complexity index is 486. The number of hydrogen-bond donors (Lipinski definition) is 2. The molecule has 1 fully saturated rings. The molecule has 2 atom stereocenters. The Morgan fingerprint density at radius 3 is 2.56 bits per heavy atom. The molecular weight excluding hydrogens is 250 g/mol. The third kappa shape index (κ3) is 2.10. The van der Waals surface area contributed by atoms with Gasteiger partial charge in [0.25, 0.3) is 0 Å². The molecule has 1 aliphatic rings. The topological polar surface area (TPSA) is 66.4 Å². The van der Waals surface area contributed by atoms with Gasteiger partial charge in [-0.1, -0.05) is 19.1 Å². The van der Waals surface area contributed by atoms with Crippen molar-refractivity contribution in [2.45, 2.75) is 29.7 Å². The predicted octanol–water partition coefficient (Wildman–Crippen LogP) is 1.64. The molecule has 0 aliphatic carbocycles. The van der Waals surface area contributed by atoms with Gasteiger partial charge >= 0.3 is 5.97 Å². The van der Waals surface area contributed by atoms with Gasteiger partial charge in [0.05, 0.1) is 0 Å². The largest absolute Gasteiger partial charge is 0.480 e. The third-order valence-corrected chi connectivity index (χ3v) is 4.21. The summed E-state index contributed by atoms with van der Waals surface area (Å²) in [4.78, 5) is 23.8. The molecule has 1 aromatic carbocycles. The number of thioether (sulfide) groups is 1. The van der Waals surface area contributed by atoms with E-state index in [4.69, 9.17) is 0 Å². The zero-order valence-corrected chi connectivity index (χ0v) is 11.1. The summed E-state index contributed by atoms with van der Waals surface area (Å²) in [6.07, 6.45) is 2.19. The summed E-state index contributed by atoms with van der Waals surface area (Å²) < 4.78 is 0. The smallest absolute Gasteiger partial charge is 0.327 e. The summed E-state index contributed by atoms with van der Waals surface area (Å²) in [5.41, 5.74) is 0.200. The number of carbonyl (C=O) groups is 2. The van der Waals surface area contributed by atoms with Gasteiger partial charge < -0.3 is 10.4 Å². The van der Waals surface area contributed by atoms with E-state index in [-0.39, 0.29) is 12.3 Å². The number of carboxylic acids is 1. The van der Waals surface area contributed by atoms with E-state index in [0.717, 1.165) is 10.5 Å². The quantitative estimate of drug-likeness (QED) is 0.815. The fraction of sp³-hybridized carbons (Fsp3) is 0.385. The average Bonchev–Trinajstić information content (AvgIpc) is 2.66. The minimum absolute atomic E-state index is 0.209. The molecule has 96 valence electrons. The molecule has 1 aliphatic heterocycles. The van der Waals surface area contributed by atoms with Gasteiger partial charge in [-0.2, -0.15) is 0 Å². The molecule has 1 aromatic rings. The van der Waals surface area contributed by atoms with Crippen LogP contribution in [-0.4, -0.2) is 29.3 Å². The highest BCUT2D eigenvalue weighted by Crippen LogP contribution is 2.36. The Kier molecular flexibility index (Phi) is 3.34. The van der Waals surface area contributed by atoms with Crippen molar-refractivity contribution in [1.29, 1.82) is 0 Å². The number of benzene rings is 1. The van der Waals surface area contributed by atoms with Crippen LogP contribution in [0.1, 0.15) is 18.9 Å². The molecule has 2 unspecified atom stereocenters. The number of carboxylic acid groups (broad SMARTS) is 1. The van der Waals surface area contributed by atoms with E-state index in [0.29, 0.717) is 0 Å². The van der Waals surface area contributed by atoms with Gasteiger partial charge in [-0.05, 0) is 24.0 Å². The van der Waals surface area contributed by atoms with Crippen molar-refractivity contribution in [2.24, 2.45) is 0 Å². The molecule has 1 amide bonds. The molecule has 0 spiro atoms. The van der Waals surface area contributed by atoms with E-state index >= 15 is 0 Å². The number of amides is 1. The Morgan fingerprint density at radius 2 is 2.06 bits per heavy atom. The number of hydrogen-bond acceptors (Lipinski definition) is 3. The van der Waals surface area contributed by atoms with Gasteiger partial charge in [-0.25, -0.2) is 4.79 Å². The minimum Gasteiger partial charge on any atom is -0.480 e. The Balaban J connectivity index is 2.39. The first kappa shape index (κ1) is 13.0. The van der Waals surface area contributed by atoms with Crippen molar-refractivity contribution >= 4 is 23.6 Å². The van der Waals surface area contributed by atoms with Gasteiger partial charge in [0.2, 0.25) is 5.91 Å². The van der Waals surface area contributed by atoms with Crippen LogP contribution in [0.25, 0.3) is 0 Å². The van der Waals surface area contributed by atoms with Gasteiger partial charge in [0.1, 0.15) is 6.04 Å². The SMILES string of the molecule is CSc1ccc(C2(C)CC(=O)NC2C(=O)O)cc1.